The molecule has 64 valence electrons. The van der Waals surface area contributed by atoms with Gasteiger partial charge in [-0.2, -0.15) is 0 Å². The van der Waals surface area contributed by atoms with E-state index in [9.17, 15) is 5.11 Å². The molecular formula is C10H18O. The monoisotopic (exact) mass is 154 g/mol. The summed E-state index contributed by atoms with van der Waals surface area (Å²) in [7, 11) is 0. The van der Waals surface area contributed by atoms with Crippen molar-refractivity contribution >= 4 is 0 Å². The molecule has 1 saturated carbocycles. The van der Waals surface area contributed by atoms with Crippen LogP contribution in [0.25, 0.3) is 0 Å². The van der Waals surface area contributed by atoms with Crippen LogP contribution in [0, 0.1) is 5.92 Å². The minimum atomic E-state index is -0.0432. The lowest BCUT2D eigenvalue weighted by atomic mass is 9.96. The average Bonchev–Trinajstić information content (AvgIpc) is 2.37. The number of hydrogen-bond donors (Lipinski definition) is 1. The number of rotatable bonds is 3. The molecule has 0 spiro atoms. The maximum absolute atomic E-state index is 9.49. The van der Waals surface area contributed by atoms with E-state index < -0.39 is 0 Å². The van der Waals surface area contributed by atoms with Crippen LogP contribution in [0.3, 0.4) is 0 Å². The van der Waals surface area contributed by atoms with Gasteiger partial charge in [0.2, 0.25) is 0 Å². The van der Waals surface area contributed by atoms with Gasteiger partial charge in [0.25, 0.3) is 0 Å². The second-order valence-corrected chi connectivity index (χ2v) is 3.57. The van der Waals surface area contributed by atoms with E-state index in [0.29, 0.717) is 5.92 Å². The molecule has 0 amide bonds. The normalized spacial score (nSPS) is 30.7. The van der Waals surface area contributed by atoms with Crippen LogP contribution >= 0.6 is 0 Å². The van der Waals surface area contributed by atoms with E-state index in [2.05, 4.69) is 13.5 Å². The van der Waals surface area contributed by atoms with Crippen molar-refractivity contribution in [2.75, 3.05) is 0 Å². The van der Waals surface area contributed by atoms with E-state index in [4.69, 9.17) is 0 Å². The first-order valence-electron chi connectivity index (χ1n) is 4.58. The third-order valence-corrected chi connectivity index (χ3v) is 2.67. The molecule has 11 heavy (non-hydrogen) atoms. The van der Waals surface area contributed by atoms with Gasteiger partial charge in [0, 0.05) is 0 Å². The Labute approximate surface area is 69.1 Å². The zero-order valence-electron chi connectivity index (χ0n) is 7.34. The first kappa shape index (κ1) is 8.79. The molecular weight excluding hydrogens is 136 g/mol. The highest BCUT2D eigenvalue weighted by atomic mass is 16.3. The lowest BCUT2D eigenvalue weighted by Crippen LogP contribution is -2.13. The van der Waals surface area contributed by atoms with Gasteiger partial charge in [-0.25, -0.2) is 0 Å². The highest BCUT2D eigenvalue weighted by Gasteiger charge is 2.24. The minimum absolute atomic E-state index is 0.0432. The summed E-state index contributed by atoms with van der Waals surface area (Å²) in [5.74, 6) is 0.516. The van der Waals surface area contributed by atoms with E-state index in [0.717, 1.165) is 19.3 Å². The van der Waals surface area contributed by atoms with Crippen molar-refractivity contribution in [3.05, 3.63) is 12.2 Å². The fourth-order valence-electron chi connectivity index (χ4n) is 1.77. The largest absolute Gasteiger partial charge is 0.393 e. The fraction of sp³-hybridized carbons (Fsp3) is 0.800. The molecule has 0 bridgehead atoms. The maximum atomic E-state index is 9.49. The smallest absolute Gasteiger partial charge is 0.0571 e. The number of hydrogen-bond acceptors (Lipinski definition) is 1. The number of allylic oxidation sites excluding steroid dienone is 1. The van der Waals surface area contributed by atoms with Gasteiger partial charge in [-0.1, -0.05) is 25.5 Å². The van der Waals surface area contributed by atoms with E-state index in [1.54, 1.807) is 0 Å². The summed E-state index contributed by atoms with van der Waals surface area (Å²) in [6, 6.07) is 0. The Morgan fingerprint density at radius 1 is 1.55 bits per heavy atom. The molecule has 1 N–H and O–H groups in total. The van der Waals surface area contributed by atoms with Gasteiger partial charge >= 0.3 is 0 Å². The van der Waals surface area contributed by atoms with Crippen LogP contribution in [-0.2, 0) is 0 Å². The molecule has 1 fully saturated rings. The van der Waals surface area contributed by atoms with Gasteiger partial charge in [0.05, 0.1) is 6.10 Å². The molecule has 1 aliphatic rings. The lowest BCUT2D eigenvalue weighted by Gasteiger charge is -2.14. The second kappa shape index (κ2) is 3.91. The van der Waals surface area contributed by atoms with Crippen LogP contribution in [0.4, 0.5) is 0 Å². The lowest BCUT2D eigenvalue weighted by molar-refractivity contribution is 0.132. The Morgan fingerprint density at radius 3 is 2.73 bits per heavy atom. The van der Waals surface area contributed by atoms with Gasteiger partial charge < -0.3 is 5.11 Å². The molecule has 0 aromatic rings. The minimum Gasteiger partial charge on any atom is -0.393 e. The topological polar surface area (TPSA) is 20.2 Å². The van der Waals surface area contributed by atoms with Crippen LogP contribution in [0.5, 0.6) is 0 Å². The molecule has 1 aliphatic carbocycles. The van der Waals surface area contributed by atoms with Crippen LogP contribution < -0.4 is 0 Å². The van der Waals surface area contributed by atoms with E-state index in [1.807, 2.05) is 0 Å². The van der Waals surface area contributed by atoms with Gasteiger partial charge in [0.1, 0.15) is 0 Å². The maximum Gasteiger partial charge on any atom is 0.0571 e. The van der Waals surface area contributed by atoms with Crippen molar-refractivity contribution in [1.29, 1.82) is 0 Å². The molecule has 0 heterocycles. The molecule has 1 heteroatoms. The zero-order valence-corrected chi connectivity index (χ0v) is 7.34. The summed E-state index contributed by atoms with van der Waals surface area (Å²) in [6.45, 7) is 6.09. The summed E-state index contributed by atoms with van der Waals surface area (Å²) in [4.78, 5) is 0. The molecule has 0 radical (unpaired) electrons. The Hall–Kier alpha value is -0.300. The van der Waals surface area contributed by atoms with Crippen molar-refractivity contribution in [1.82, 2.24) is 0 Å². The first-order valence-corrected chi connectivity index (χ1v) is 4.58. The molecule has 1 nitrogen and oxygen atoms in total. The molecule has 0 aromatic carbocycles. The van der Waals surface area contributed by atoms with Crippen LogP contribution in [0.15, 0.2) is 12.2 Å². The summed E-state index contributed by atoms with van der Waals surface area (Å²) in [6.07, 6.45) is 5.45. The summed E-state index contributed by atoms with van der Waals surface area (Å²) < 4.78 is 0. The van der Waals surface area contributed by atoms with Crippen LogP contribution in [-0.4, -0.2) is 11.2 Å². The molecule has 2 atom stereocenters. The highest BCUT2D eigenvalue weighted by molar-refractivity contribution is 4.97. The first-order chi connectivity index (χ1) is 5.24. The summed E-state index contributed by atoms with van der Waals surface area (Å²) in [5, 5.41) is 9.49. The standard InChI is InChI=1S/C10H18O/c1-3-8(2)7-9-5-4-6-10(9)11/h9-11H,2-7H2,1H3. The molecule has 0 aromatic heterocycles. The van der Waals surface area contributed by atoms with Crippen molar-refractivity contribution in [2.45, 2.75) is 45.1 Å². The molecule has 2 unspecified atom stereocenters. The molecule has 1 rings (SSSR count). The van der Waals surface area contributed by atoms with Crippen molar-refractivity contribution in [3.8, 4) is 0 Å². The predicted octanol–water partition coefficient (Wildman–Crippen LogP) is 2.50. The van der Waals surface area contributed by atoms with Crippen molar-refractivity contribution < 1.29 is 5.11 Å². The second-order valence-electron chi connectivity index (χ2n) is 3.57. The Kier molecular flexibility index (Phi) is 3.13. The quantitative estimate of drug-likeness (QED) is 0.619. The Balaban J connectivity index is 2.30. The fourth-order valence-corrected chi connectivity index (χ4v) is 1.77. The third kappa shape index (κ3) is 2.33. The summed E-state index contributed by atoms with van der Waals surface area (Å²) in [5.41, 5.74) is 1.29. The predicted molar refractivity (Wildman–Crippen MR) is 47.4 cm³/mol. The van der Waals surface area contributed by atoms with E-state index >= 15 is 0 Å². The molecule has 0 saturated heterocycles. The molecule has 0 aliphatic heterocycles. The zero-order chi connectivity index (χ0) is 8.27. The van der Waals surface area contributed by atoms with Crippen molar-refractivity contribution in [3.63, 3.8) is 0 Å². The number of aliphatic hydroxyl groups is 1. The van der Waals surface area contributed by atoms with Crippen LogP contribution in [0.2, 0.25) is 0 Å². The van der Waals surface area contributed by atoms with Gasteiger partial charge in [-0.15, -0.1) is 0 Å². The Morgan fingerprint density at radius 2 is 2.27 bits per heavy atom. The van der Waals surface area contributed by atoms with E-state index in [-0.39, 0.29) is 6.10 Å². The van der Waals surface area contributed by atoms with Gasteiger partial charge in [0.15, 0.2) is 0 Å². The van der Waals surface area contributed by atoms with Gasteiger partial charge in [-0.05, 0) is 31.6 Å². The number of aliphatic hydroxyl groups excluding tert-OH is 1. The SMILES string of the molecule is C=C(CC)CC1CCCC1O. The van der Waals surface area contributed by atoms with Crippen LogP contribution in [0.1, 0.15) is 39.0 Å². The van der Waals surface area contributed by atoms with E-state index in [1.165, 1.54) is 18.4 Å². The highest BCUT2D eigenvalue weighted by Crippen LogP contribution is 2.30. The van der Waals surface area contributed by atoms with Gasteiger partial charge in [-0.3, -0.25) is 0 Å². The van der Waals surface area contributed by atoms with Crippen molar-refractivity contribution in [2.24, 2.45) is 5.92 Å². The third-order valence-electron chi connectivity index (χ3n) is 2.67. The average molecular weight is 154 g/mol. The Bertz CT molecular complexity index is 140. The summed E-state index contributed by atoms with van der Waals surface area (Å²) >= 11 is 0.